The molecule has 1 heterocycles. The van der Waals surface area contributed by atoms with Crippen LogP contribution in [0, 0.1) is 0 Å². The maximum absolute atomic E-state index is 9.22. The minimum atomic E-state index is 0.346. The number of aromatic hydroxyl groups is 1. The van der Waals surface area contributed by atoms with Crippen LogP contribution >= 0.6 is 0 Å². The Hall–Kier alpha value is -1.06. The molecular weight excluding hydrogens is 200 g/mol. The third kappa shape index (κ3) is 3.51. The fraction of sp³-hybridized carbons (Fsp3) is 0.538. The van der Waals surface area contributed by atoms with Gasteiger partial charge in [-0.3, -0.25) is 0 Å². The molecule has 1 unspecified atom stereocenters. The van der Waals surface area contributed by atoms with Crippen molar-refractivity contribution >= 4 is 0 Å². The van der Waals surface area contributed by atoms with E-state index in [0.29, 0.717) is 11.8 Å². The molecule has 0 saturated carbocycles. The van der Waals surface area contributed by atoms with Crippen LogP contribution in [0.25, 0.3) is 0 Å². The number of hydrogen-bond acceptors (Lipinski definition) is 3. The van der Waals surface area contributed by atoms with E-state index in [1.54, 1.807) is 12.1 Å². The van der Waals surface area contributed by atoms with E-state index in [2.05, 4.69) is 10.6 Å². The van der Waals surface area contributed by atoms with Gasteiger partial charge in [0, 0.05) is 19.1 Å². The molecule has 1 atom stereocenters. The summed E-state index contributed by atoms with van der Waals surface area (Å²) in [5, 5.41) is 16.2. The molecule has 16 heavy (non-hydrogen) atoms. The zero-order chi connectivity index (χ0) is 11.2. The largest absolute Gasteiger partial charge is 0.508 e. The van der Waals surface area contributed by atoms with E-state index >= 15 is 0 Å². The first-order valence-electron chi connectivity index (χ1n) is 6.06. The summed E-state index contributed by atoms with van der Waals surface area (Å²) < 4.78 is 0. The topological polar surface area (TPSA) is 44.3 Å². The van der Waals surface area contributed by atoms with Crippen molar-refractivity contribution in [1.29, 1.82) is 0 Å². The summed E-state index contributed by atoms with van der Waals surface area (Å²) in [5.41, 5.74) is 1.30. The zero-order valence-electron chi connectivity index (χ0n) is 9.58. The van der Waals surface area contributed by atoms with Crippen LogP contribution in [0.2, 0.25) is 0 Å². The van der Waals surface area contributed by atoms with Gasteiger partial charge in [0.05, 0.1) is 0 Å². The van der Waals surface area contributed by atoms with Crippen LogP contribution in [0.1, 0.15) is 18.4 Å². The van der Waals surface area contributed by atoms with Gasteiger partial charge in [-0.15, -0.1) is 0 Å². The SMILES string of the molecule is Oc1ccc(CC2CCCNCCN2)cc1. The first kappa shape index (κ1) is 11.4. The van der Waals surface area contributed by atoms with Gasteiger partial charge in [-0.1, -0.05) is 12.1 Å². The molecule has 0 spiro atoms. The Morgan fingerprint density at radius 1 is 1.12 bits per heavy atom. The van der Waals surface area contributed by atoms with E-state index in [1.807, 2.05) is 12.1 Å². The molecule has 88 valence electrons. The Bertz CT molecular complexity index is 302. The smallest absolute Gasteiger partial charge is 0.115 e. The first-order valence-corrected chi connectivity index (χ1v) is 6.06. The second-order valence-corrected chi connectivity index (χ2v) is 4.41. The second kappa shape index (κ2) is 5.87. The maximum atomic E-state index is 9.22. The lowest BCUT2D eigenvalue weighted by molar-refractivity contribution is 0.423. The van der Waals surface area contributed by atoms with Crippen LogP contribution in [-0.4, -0.2) is 30.8 Å². The lowest BCUT2D eigenvalue weighted by Crippen LogP contribution is -2.39. The molecule has 0 bridgehead atoms. The van der Waals surface area contributed by atoms with Crippen molar-refractivity contribution in [1.82, 2.24) is 10.6 Å². The highest BCUT2D eigenvalue weighted by Crippen LogP contribution is 2.13. The van der Waals surface area contributed by atoms with Gasteiger partial charge in [0.2, 0.25) is 0 Å². The molecule has 1 aliphatic heterocycles. The average molecular weight is 220 g/mol. The summed E-state index contributed by atoms with van der Waals surface area (Å²) in [7, 11) is 0. The molecule has 1 saturated heterocycles. The number of hydrogen-bond donors (Lipinski definition) is 3. The van der Waals surface area contributed by atoms with E-state index in [4.69, 9.17) is 0 Å². The van der Waals surface area contributed by atoms with Crippen molar-refractivity contribution in [3.63, 3.8) is 0 Å². The normalized spacial score (nSPS) is 22.4. The van der Waals surface area contributed by atoms with Gasteiger partial charge in [-0.25, -0.2) is 0 Å². The summed E-state index contributed by atoms with van der Waals surface area (Å²) in [5.74, 6) is 0.346. The maximum Gasteiger partial charge on any atom is 0.115 e. The minimum absolute atomic E-state index is 0.346. The summed E-state index contributed by atoms with van der Waals surface area (Å²) >= 11 is 0. The fourth-order valence-electron chi connectivity index (χ4n) is 2.16. The number of nitrogens with one attached hydrogen (secondary N) is 2. The van der Waals surface area contributed by atoms with E-state index in [1.165, 1.54) is 18.4 Å². The second-order valence-electron chi connectivity index (χ2n) is 4.41. The Morgan fingerprint density at radius 2 is 1.94 bits per heavy atom. The highest BCUT2D eigenvalue weighted by Gasteiger charge is 2.10. The van der Waals surface area contributed by atoms with Crippen molar-refractivity contribution in [3.8, 4) is 5.75 Å². The van der Waals surface area contributed by atoms with Crippen LogP contribution in [-0.2, 0) is 6.42 Å². The van der Waals surface area contributed by atoms with Gasteiger partial charge in [-0.05, 0) is 43.5 Å². The van der Waals surface area contributed by atoms with E-state index in [-0.39, 0.29) is 0 Å². The predicted molar refractivity (Wildman–Crippen MR) is 65.7 cm³/mol. The molecule has 1 aromatic carbocycles. The fourth-order valence-corrected chi connectivity index (χ4v) is 2.16. The van der Waals surface area contributed by atoms with E-state index in [0.717, 1.165) is 26.1 Å². The molecule has 0 amide bonds. The van der Waals surface area contributed by atoms with Crippen molar-refractivity contribution in [2.24, 2.45) is 0 Å². The molecule has 2 rings (SSSR count). The van der Waals surface area contributed by atoms with Crippen LogP contribution in [0.4, 0.5) is 0 Å². The highest BCUT2D eigenvalue weighted by molar-refractivity contribution is 5.26. The van der Waals surface area contributed by atoms with Crippen LogP contribution in [0.5, 0.6) is 5.75 Å². The molecule has 3 nitrogen and oxygen atoms in total. The van der Waals surface area contributed by atoms with Crippen molar-refractivity contribution in [3.05, 3.63) is 29.8 Å². The van der Waals surface area contributed by atoms with Gasteiger partial charge < -0.3 is 15.7 Å². The number of benzene rings is 1. The summed E-state index contributed by atoms with van der Waals surface area (Å²) in [6.45, 7) is 3.24. The molecule has 0 aromatic heterocycles. The van der Waals surface area contributed by atoms with E-state index in [9.17, 15) is 5.11 Å². The van der Waals surface area contributed by atoms with Gasteiger partial charge in [0.15, 0.2) is 0 Å². The Kier molecular flexibility index (Phi) is 4.19. The van der Waals surface area contributed by atoms with Crippen molar-refractivity contribution < 1.29 is 5.11 Å². The summed E-state index contributed by atoms with van der Waals surface area (Å²) in [6, 6.07) is 8.12. The summed E-state index contributed by atoms with van der Waals surface area (Å²) in [6.07, 6.45) is 3.50. The number of phenols is 1. The van der Waals surface area contributed by atoms with Crippen LogP contribution in [0.3, 0.4) is 0 Å². The van der Waals surface area contributed by atoms with Gasteiger partial charge in [0.1, 0.15) is 5.75 Å². The lowest BCUT2D eigenvalue weighted by atomic mass is 10.0. The molecule has 1 aliphatic rings. The average Bonchev–Trinajstić information content (AvgIpc) is 2.25. The molecule has 0 radical (unpaired) electrons. The number of phenolic OH excluding ortho intramolecular Hbond substituents is 1. The first-order chi connectivity index (χ1) is 7.84. The molecular formula is C13H20N2O. The molecule has 3 heteroatoms. The third-order valence-electron chi connectivity index (χ3n) is 3.06. The molecule has 1 fully saturated rings. The van der Waals surface area contributed by atoms with Crippen LogP contribution < -0.4 is 10.6 Å². The quantitative estimate of drug-likeness (QED) is 0.703. The van der Waals surface area contributed by atoms with Gasteiger partial charge in [-0.2, -0.15) is 0 Å². The van der Waals surface area contributed by atoms with Crippen molar-refractivity contribution in [2.75, 3.05) is 19.6 Å². The summed E-state index contributed by atoms with van der Waals surface area (Å²) in [4.78, 5) is 0. The molecule has 3 N–H and O–H groups in total. The highest BCUT2D eigenvalue weighted by atomic mass is 16.3. The third-order valence-corrected chi connectivity index (χ3v) is 3.06. The zero-order valence-corrected chi connectivity index (χ0v) is 9.58. The molecule has 0 aliphatic carbocycles. The van der Waals surface area contributed by atoms with Crippen molar-refractivity contribution in [2.45, 2.75) is 25.3 Å². The predicted octanol–water partition coefficient (Wildman–Crippen LogP) is 1.28. The van der Waals surface area contributed by atoms with Crippen LogP contribution in [0.15, 0.2) is 24.3 Å². The number of rotatable bonds is 2. The molecule has 1 aromatic rings. The van der Waals surface area contributed by atoms with Gasteiger partial charge in [0.25, 0.3) is 0 Å². The Morgan fingerprint density at radius 3 is 2.75 bits per heavy atom. The monoisotopic (exact) mass is 220 g/mol. The Labute approximate surface area is 96.9 Å². The Balaban J connectivity index is 1.89. The van der Waals surface area contributed by atoms with Gasteiger partial charge >= 0.3 is 0 Å². The standard InChI is InChI=1S/C13H20N2O/c16-13-5-3-11(4-6-13)10-12-2-1-7-14-8-9-15-12/h3-6,12,14-16H,1-2,7-10H2. The lowest BCUT2D eigenvalue weighted by Gasteiger charge is -2.22. The minimum Gasteiger partial charge on any atom is -0.508 e. The van der Waals surface area contributed by atoms with E-state index < -0.39 is 0 Å².